The van der Waals surface area contributed by atoms with E-state index in [-0.39, 0.29) is 24.7 Å². The Bertz CT molecular complexity index is 465. The second-order valence-corrected chi connectivity index (χ2v) is 6.99. The summed E-state index contributed by atoms with van der Waals surface area (Å²) in [6.07, 6.45) is 0.711. The molecule has 2 heterocycles. The number of hydrogen-bond donors (Lipinski definition) is 1. The fraction of sp³-hybridized carbons (Fsp3) is 0.615. The van der Waals surface area contributed by atoms with Crippen LogP contribution in [0.5, 0.6) is 0 Å². The van der Waals surface area contributed by atoms with Crippen molar-refractivity contribution in [2.24, 2.45) is 0 Å². The second-order valence-electron chi connectivity index (χ2n) is 5.79. The molecular formula is C13H19BO4S. The Labute approximate surface area is 117 Å². The minimum atomic E-state index is -0.773. The van der Waals surface area contributed by atoms with Gasteiger partial charge >= 0.3 is 13.1 Å². The highest BCUT2D eigenvalue weighted by Gasteiger charge is 2.52. The highest BCUT2D eigenvalue weighted by Crippen LogP contribution is 2.36. The first-order valence-corrected chi connectivity index (χ1v) is 7.19. The molecular weight excluding hydrogens is 263 g/mol. The van der Waals surface area contributed by atoms with E-state index in [9.17, 15) is 4.79 Å². The molecule has 0 amide bonds. The van der Waals surface area contributed by atoms with Crippen LogP contribution in [0.1, 0.15) is 39.0 Å². The number of carbonyl (C=O) groups is 1. The highest BCUT2D eigenvalue weighted by atomic mass is 32.1. The maximum Gasteiger partial charge on any atom is 0.505 e. The Hall–Kier alpha value is -0.845. The molecule has 6 heteroatoms. The van der Waals surface area contributed by atoms with E-state index in [1.54, 1.807) is 11.3 Å². The number of rotatable bonds is 4. The van der Waals surface area contributed by atoms with Crippen molar-refractivity contribution < 1.29 is 19.2 Å². The van der Waals surface area contributed by atoms with Gasteiger partial charge in [-0.05, 0) is 40.2 Å². The predicted octanol–water partition coefficient (Wildman–Crippen LogP) is 2.06. The van der Waals surface area contributed by atoms with Gasteiger partial charge in [0.25, 0.3) is 0 Å². The topological polar surface area (TPSA) is 55.8 Å². The number of hydrogen-bond acceptors (Lipinski definition) is 4. The van der Waals surface area contributed by atoms with Gasteiger partial charge in [0.15, 0.2) is 0 Å². The second kappa shape index (κ2) is 4.92. The van der Waals surface area contributed by atoms with Gasteiger partial charge in [-0.3, -0.25) is 4.79 Å². The molecule has 0 radical (unpaired) electrons. The summed E-state index contributed by atoms with van der Waals surface area (Å²) in [6, 6.07) is 3.91. The van der Waals surface area contributed by atoms with Gasteiger partial charge in [-0.1, -0.05) is 6.07 Å². The Balaban J connectivity index is 2.06. The fourth-order valence-corrected chi connectivity index (χ4v) is 2.82. The van der Waals surface area contributed by atoms with Gasteiger partial charge in [0.2, 0.25) is 0 Å². The molecule has 1 fully saturated rings. The molecule has 0 saturated carbocycles. The smallest absolute Gasteiger partial charge is 0.481 e. The fourth-order valence-electron chi connectivity index (χ4n) is 1.84. The van der Waals surface area contributed by atoms with Crippen LogP contribution in [0.25, 0.3) is 0 Å². The summed E-state index contributed by atoms with van der Waals surface area (Å²) in [4.78, 5) is 11.6. The van der Waals surface area contributed by atoms with Crippen LogP contribution < -0.4 is 4.78 Å². The van der Waals surface area contributed by atoms with E-state index in [1.807, 2.05) is 39.8 Å². The minimum absolute atomic E-state index is 0.156. The third-order valence-electron chi connectivity index (χ3n) is 3.75. The normalized spacial score (nSPS) is 20.7. The zero-order chi connectivity index (χ0) is 14.3. The third-order valence-corrected chi connectivity index (χ3v) is 4.92. The molecule has 0 aliphatic carbocycles. The molecule has 0 atom stereocenters. The Morgan fingerprint density at radius 2 is 1.84 bits per heavy atom. The zero-order valence-electron chi connectivity index (χ0n) is 11.7. The average molecular weight is 282 g/mol. The average Bonchev–Trinajstić information content (AvgIpc) is 2.79. The van der Waals surface area contributed by atoms with E-state index in [0.29, 0.717) is 6.42 Å². The minimum Gasteiger partial charge on any atom is -0.481 e. The van der Waals surface area contributed by atoms with Gasteiger partial charge in [0, 0.05) is 9.65 Å². The first-order valence-electron chi connectivity index (χ1n) is 6.37. The molecule has 1 saturated heterocycles. The van der Waals surface area contributed by atoms with Crippen molar-refractivity contribution in [2.75, 3.05) is 0 Å². The summed E-state index contributed by atoms with van der Waals surface area (Å²) >= 11 is 1.56. The van der Waals surface area contributed by atoms with Crippen LogP contribution in [-0.2, 0) is 20.5 Å². The van der Waals surface area contributed by atoms with Gasteiger partial charge in [-0.2, -0.15) is 0 Å². The summed E-state index contributed by atoms with van der Waals surface area (Å²) in [6.45, 7) is 8.08. The largest absolute Gasteiger partial charge is 0.505 e. The van der Waals surface area contributed by atoms with E-state index in [4.69, 9.17) is 14.4 Å². The van der Waals surface area contributed by atoms with Gasteiger partial charge in [-0.25, -0.2) is 0 Å². The number of thiophene rings is 1. The molecule has 0 aromatic carbocycles. The maximum atomic E-state index is 10.6. The molecule has 1 aliphatic heterocycles. The van der Waals surface area contributed by atoms with Crippen molar-refractivity contribution in [3.8, 4) is 0 Å². The summed E-state index contributed by atoms with van der Waals surface area (Å²) in [5.41, 5.74) is -0.689. The van der Waals surface area contributed by atoms with E-state index in [2.05, 4.69) is 0 Å². The van der Waals surface area contributed by atoms with Crippen LogP contribution in [0.15, 0.2) is 12.1 Å². The Morgan fingerprint density at radius 1 is 1.26 bits per heavy atom. The molecule has 1 aliphatic rings. The van der Waals surface area contributed by atoms with Gasteiger partial charge in [-0.15, -0.1) is 11.3 Å². The molecule has 104 valence electrons. The zero-order valence-corrected chi connectivity index (χ0v) is 12.5. The SMILES string of the molecule is CC1(C)OB(c2ccc(CCC(=O)O)s2)OC1(C)C. The lowest BCUT2D eigenvalue weighted by atomic mass is 9.88. The van der Waals surface area contributed by atoms with Crippen LogP contribution >= 0.6 is 11.3 Å². The quantitative estimate of drug-likeness (QED) is 0.859. The number of aliphatic carboxylic acids is 1. The summed E-state index contributed by atoms with van der Waals surface area (Å²) in [7, 11) is -0.353. The first-order chi connectivity index (χ1) is 8.71. The van der Waals surface area contributed by atoms with Crippen molar-refractivity contribution in [3.63, 3.8) is 0 Å². The van der Waals surface area contributed by atoms with Crippen LogP contribution in [0, 0.1) is 0 Å². The van der Waals surface area contributed by atoms with Crippen LogP contribution in [0.2, 0.25) is 0 Å². The van der Waals surface area contributed by atoms with Gasteiger partial charge in [0.1, 0.15) is 0 Å². The molecule has 0 spiro atoms. The van der Waals surface area contributed by atoms with Crippen LogP contribution in [0.4, 0.5) is 0 Å². The summed E-state index contributed by atoms with van der Waals surface area (Å²) < 4.78 is 12.9. The van der Waals surface area contributed by atoms with Crippen molar-refractivity contribution in [1.29, 1.82) is 0 Å². The monoisotopic (exact) mass is 282 g/mol. The van der Waals surface area contributed by atoms with E-state index >= 15 is 0 Å². The number of carboxylic acid groups (broad SMARTS) is 1. The summed E-state index contributed by atoms with van der Waals surface area (Å²) in [5.74, 6) is -0.773. The molecule has 0 unspecified atom stereocenters. The highest BCUT2D eigenvalue weighted by molar-refractivity contribution is 7.22. The van der Waals surface area contributed by atoms with Crippen molar-refractivity contribution in [3.05, 3.63) is 17.0 Å². The Morgan fingerprint density at radius 3 is 2.37 bits per heavy atom. The number of aryl methyl sites for hydroxylation is 1. The van der Waals surface area contributed by atoms with Crippen molar-refractivity contribution in [1.82, 2.24) is 0 Å². The lowest BCUT2D eigenvalue weighted by molar-refractivity contribution is -0.136. The van der Waals surface area contributed by atoms with Crippen molar-refractivity contribution in [2.45, 2.75) is 51.7 Å². The lowest BCUT2D eigenvalue weighted by Gasteiger charge is -2.32. The predicted molar refractivity (Wildman–Crippen MR) is 76.0 cm³/mol. The van der Waals surface area contributed by atoms with Crippen LogP contribution in [-0.4, -0.2) is 29.4 Å². The molecule has 2 rings (SSSR count). The first kappa shape index (κ1) is 14.6. The standard InChI is InChI=1S/C13H19BO4S/c1-12(2)13(3,4)18-14(17-12)10-7-5-9(19-10)6-8-11(15)16/h5,7H,6,8H2,1-4H3,(H,15,16). The van der Waals surface area contributed by atoms with Crippen molar-refractivity contribution >= 4 is 29.2 Å². The Kier molecular flexibility index (Phi) is 3.77. The van der Waals surface area contributed by atoms with E-state index in [1.165, 1.54) is 0 Å². The third kappa shape index (κ3) is 3.01. The summed E-state index contributed by atoms with van der Waals surface area (Å²) in [5, 5.41) is 8.69. The molecule has 0 bridgehead atoms. The molecule has 1 N–H and O–H groups in total. The number of carboxylic acids is 1. The maximum absolute atomic E-state index is 10.6. The lowest BCUT2D eigenvalue weighted by Crippen LogP contribution is -2.41. The molecule has 1 aromatic heterocycles. The van der Waals surface area contributed by atoms with Gasteiger partial charge < -0.3 is 14.4 Å². The molecule has 19 heavy (non-hydrogen) atoms. The molecule has 4 nitrogen and oxygen atoms in total. The van der Waals surface area contributed by atoms with E-state index < -0.39 is 5.97 Å². The van der Waals surface area contributed by atoms with E-state index in [0.717, 1.165) is 9.65 Å². The van der Waals surface area contributed by atoms with Gasteiger partial charge in [0.05, 0.1) is 17.6 Å². The van der Waals surface area contributed by atoms with Crippen LogP contribution in [0.3, 0.4) is 0 Å². The molecule has 1 aromatic rings.